The lowest BCUT2D eigenvalue weighted by molar-refractivity contribution is -0.137. The highest BCUT2D eigenvalue weighted by Crippen LogP contribution is 2.23. The third-order valence-electron chi connectivity index (χ3n) is 5.59. The molecule has 0 aliphatic carbocycles. The Kier molecular flexibility index (Phi) is 8.75. The molecule has 0 fully saturated rings. The summed E-state index contributed by atoms with van der Waals surface area (Å²) in [4.78, 5) is 33.4. The first-order chi connectivity index (χ1) is 16.4. The summed E-state index contributed by atoms with van der Waals surface area (Å²) in [6, 6.07) is 7.16. The van der Waals surface area contributed by atoms with Crippen molar-refractivity contribution in [2.45, 2.75) is 79.8 Å². The lowest BCUT2D eigenvalue weighted by Gasteiger charge is -2.30. The van der Waals surface area contributed by atoms with Crippen LogP contribution < -0.4 is 5.32 Å². The highest BCUT2D eigenvalue weighted by Gasteiger charge is 2.29. The molecule has 1 unspecified atom stereocenters. The quantitative estimate of drug-likeness (QED) is 0.364. The molecule has 35 heavy (non-hydrogen) atoms. The Bertz CT molecular complexity index is 1140. The van der Waals surface area contributed by atoms with Crippen molar-refractivity contribution in [3.05, 3.63) is 52.2 Å². The summed E-state index contributed by atoms with van der Waals surface area (Å²) >= 11 is 1.63. The van der Waals surface area contributed by atoms with Crippen LogP contribution in [0.2, 0.25) is 0 Å². The maximum absolute atomic E-state index is 13.9. The second-order valence-electron chi connectivity index (χ2n) is 11.3. The fraction of sp³-hybridized carbons (Fsp3) is 0.536. The molecule has 0 saturated carbocycles. The summed E-state index contributed by atoms with van der Waals surface area (Å²) in [5.74, 6) is 0.452. The van der Waals surface area contributed by atoms with Crippen molar-refractivity contribution in [1.82, 2.24) is 15.2 Å². The van der Waals surface area contributed by atoms with Crippen LogP contribution in [0.3, 0.4) is 0 Å². The van der Waals surface area contributed by atoms with Crippen LogP contribution in [0.4, 0.5) is 0 Å². The highest BCUT2D eigenvalue weighted by atomic mass is 32.1. The molecule has 1 N–H and O–H groups in total. The Morgan fingerprint density at radius 2 is 1.89 bits per heavy atom. The van der Waals surface area contributed by atoms with E-state index in [0.717, 1.165) is 27.2 Å². The first-order valence-corrected chi connectivity index (χ1v) is 13.3. The van der Waals surface area contributed by atoms with Gasteiger partial charge in [-0.15, -0.1) is 11.3 Å². The number of hydrogen-bond donors (Lipinski definition) is 1. The number of furan rings is 1. The molecule has 2 aromatic heterocycles. The largest absolute Gasteiger partial charge is 0.464 e. The molecule has 3 aromatic rings. The van der Waals surface area contributed by atoms with Crippen LogP contribution in [0.1, 0.15) is 77.1 Å². The Labute approximate surface area is 213 Å². The number of benzene rings is 1. The van der Waals surface area contributed by atoms with Gasteiger partial charge in [0.2, 0.25) is 11.8 Å². The first kappa shape index (κ1) is 26.9. The summed E-state index contributed by atoms with van der Waals surface area (Å²) in [5, 5.41) is 7.15. The van der Waals surface area contributed by atoms with Crippen LogP contribution in [0, 0.1) is 11.3 Å². The van der Waals surface area contributed by atoms with Gasteiger partial charge >= 0.3 is 0 Å². The fourth-order valence-corrected chi connectivity index (χ4v) is 4.88. The van der Waals surface area contributed by atoms with E-state index < -0.39 is 6.04 Å². The Balaban J connectivity index is 1.87. The number of aromatic nitrogens is 1. The zero-order valence-electron chi connectivity index (χ0n) is 22.1. The number of amides is 2. The molecular weight excluding hydrogens is 458 g/mol. The maximum atomic E-state index is 13.9. The standard InChI is InChI=1S/C28H39N3O3S/c1-18(2)15-31(16-22-17-35-26(29-22)19(3)4)27(33)23(30-25(32)14-28(5,6)7)13-20-8-9-24-21(12-20)10-11-34-24/h8-12,17-19,23H,13-16H2,1-7H3,(H,30,32). The monoisotopic (exact) mass is 497 g/mol. The number of rotatable bonds is 10. The molecular formula is C28H39N3O3S. The molecule has 6 nitrogen and oxygen atoms in total. The summed E-state index contributed by atoms with van der Waals surface area (Å²) in [5.41, 5.74) is 2.51. The molecule has 1 atom stereocenters. The van der Waals surface area contributed by atoms with Gasteiger partial charge in [-0.2, -0.15) is 0 Å². The number of fused-ring (bicyclic) bond motifs is 1. The topological polar surface area (TPSA) is 75.4 Å². The van der Waals surface area contributed by atoms with E-state index in [4.69, 9.17) is 9.40 Å². The van der Waals surface area contributed by atoms with Crippen molar-refractivity contribution in [3.63, 3.8) is 0 Å². The van der Waals surface area contributed by atoms with Gasteiger partial charge in [-0.05, 0) is 35.1 Å². The minimum atomic E-state index is -0.656. The van der Waals surface area contributed by atoms with Crippen molar-refractivity contribution in [1.29, 1.82) is 0 Å². The Morgan fingerprint density at radius 1 is 1.14 bits per heavy atom. The predicted octanol–water partition coefficient (Wildman–Crippen LogP) is 6.16. The number of nitrogens with one attached hydrogen (secondary N) is 1. The minimum absolute atomic E-state index is 0.0765. The van der Waals surface area contributed by atoms with E-state index >= 15 is 0 Å². The van der Waals surface area contributed by atoms with Gasteiger partial charge in [-0.25, -0.2) is 4.98 Å². The third kappa shape index (κ3) is 7.92. The average Bonchev–Trinajstić information content (AvgIpc) is 3.39. The van der Waals surface area contributed by atoms with E-state index in [1.54, 1.807) is 17.6 Å². The van der Waals surface area contributed by atoms with Crippen LogP contribution >= 0.6 is 11.3 Å². The SMILES string of the molecule is CC(C)CN(Cc1csc(C(C)C)n1)C(=O)C(Cc1ccc2occc2c1)NC(=O)CC(C)(C)C. The van der Waals surface area contributed by atoms with Crippen LogP contribution in [0.25, 0.3) is 11.0 Å². The molecule has 0 saturated heterocycles. The van der Waals surface area contributed by atoms with Gasteiger partial charge in [-0.1, -0.05) is 54.5 Å². The van der Waals surface area contributed by atoms with Gasteiger partial charge in [-0.3, -0.25) is 9.59 Å². The summed E-state index contributed by atoms with van der Waals surface area (Å²) in [6.07, 6.45) is 2.43. The number of hydrogen-bond acceptors (Lipinski definition) is 5. The van der Waals surface area contributed by atoms with Gasteiger partial charge < -0.3 is 14.6 Å². The van der Waals surface area contributed by atoms with E-state index in [0.29, 0.717) is 31.8 Å². The molecule has 0 spiro atoms. The van der Waals surface area contributed by atoms with Gasteiger partial charge in [0.25, 0.3) is 0 Å². The zero-order valence-corrected chi connectivity index (χ0v) is 22.9. The molecule has 0 bridgehead atoms. The second kappa shape index (κ2) is 11.4. The number of nitrogens with zero attached hydrogens (tertiary/aromatic N) is 2. The van der Waals surface area contributed by atoms with Crippen molar-refractivity contribution < 1.29 is 14.0 Å². The molecule has 1 aromatic carbocycles. The molecule has 2 heterocycles. The van der Waals surface area contributed by atoms with Crippen LogP contribution in [-0.2, 0) is 22.6 Å². The molecule has 7 heteroatoms. The fourth-order valence-electron chi connectivity index (χ4n) is 4.06. The molecule has 0 aliphatic heterocycles. The van der Waals surface area contributed by atoms with Gasteiger partial charge in [0, 0.05) is 36.1 Å². The summed E-state index contributed by atoms with van der Waals surface area (Å²) < 4.78 is 5.46. The predicted molar refractivity (Wildman–Crippen MR) is 142 cm³/mol. The smallest absolute Gasteiger partial charge is 0.245 e. The number of carbonyl (C=O) groups excluding carboxylic acids is 2. The van der Waals surface area contributed by atoms with Gasteiger partial charge in [0.15, 0.2) is 0 Å². The van der Waals surface area contributed by atoms with E-state index in [9.17, 15) is 9.59 Å². The Hall–Kier alpha value is -2.67. The molecule has 190 valence electrons. The summed E-state index contributed by atoms with van der Waals surface area (Å²) in [6.45, 7) is 15.5. The average molecular weight is 498 g/mol. The zero-order chi connectivity index (χ0) is 25.8. The minimum Gasteiger partial charge on any atom is -0.464 e. The van der Waals surface area contributed by atoms with Gasteiger partial charge in [0.05, 0.1) is 23.5 Å². The van der Waals surface area contributed by atoms with Crippen molar-refractivity contribution in [3.8, 4) is 0 Å². The normalized spacial score (nSPS) is 12.9. The lowest BCUT2D eigenvalue weighted by Crippen LogP contribution is -2.50. The molecule has 3 rings (SSSR count). The second-order valence-corrected chi connectivity index (χ2v) is 12.2. The first-order valence-electron chi connectivity index (χ1n) is 12.4. The summed E-state index contributed by atoms with van der Waals surface area (Å²) in [7, 11) is 0. The third-order valence-corrected chi connectivity index (χ3v) is 6.79. The van der Waals surface area contributed by atoms with Gasteiger partial charge in [0.1, 0.15) is 11.6 Å². The van der Waals surface area contributed by atoms with Crippen LogP contribution in [-0.4, -0.2) is 34.3 Å². The number of carbonyl (C=O) groups is 2. The van der Waals surface area contributed by atoms with E-state index in [1.807, 2.05) is 55.3 Å². The lowest BCUT2D eigenvalue weighted by atomic mass is 9.91. The molecule has 2 amide bonds. The van der Waals surface area contributed by atoms with E-state index in [-0.39, 0.29) is 23.1 Å². The highest BCUT2D eigenvalue weighted by molar-refractivity contribution is 7.09. The molecule has 0 aliphatic rings. The number of thiazole rings is 1. The van der Waals surface area contributed by atoms with Crippen LogP contribution in [0.15, 0.2) is 40.3 Å². The van der Waals surface area contributed by atoms with Crippen molar-refractivity contribution in [2.75, 3.05) is 6.54 Å². The van der Waals surface area contributed by atoms with E-state index in [1.165, 1.54) is 0 Å². The molecule has 0 radical (unpaired) electrons. The van der Waals surface area contributed by atoms with Crippen LogP contribution in [0.5, 0.6) is 0 Å². The maximum Gasteiger partial charge on any atom is 0.245 e. The Morgan fingerprint density at radius 3 is 2.51 bits per heavy atom. The van der Waals surface area contributed by atoms with Crippen molar-refractivity contribution in [2.24, 2.45) is 11.3 Å². The van der Waals surface area contributed by atoms with Crippen molar-refractivity contribution >= 4 is 34.1 Å². The van der Waals surface area contributed by atoms with E-state index in [2.05, 4.69) is 33.0 Å².